The minimum Gasteiger partial charge on any atom is -0.351 e. The summed E-state index contributed by atoms with van der Waals surface area (Å²) >= 11 is 3.48. The highest BCUT2D eigenvalue weighted by molar-refractivity contribution is 9.10. The molecule has 0 saturated heterocycles. The van der Waals surface area contributed by atoms with Crippen LogP contribution in [-0.2, 0) is 0 Å². The molecule has 1 fully saturated rings. The number of nitrogens with one attached hydrogen (secondary N) is 1. The number of hydrogen-bond acceptors (Lipinski definition) is 4. The molecule has 26 heavy (non-hydrogen) atoms. The molecule has 3 aromatic heterocycles. The molecule has 0 radical (unpaired) electrons. The summed E-state index contributed by atoms with van der Waals surface area (Å²) in [5, 5.41) is 3.21. The van der Waals surface area contributed by atoms with Crippen LogP contribution >= 0.6 is 15.9 Å². The van der Waals surface area contributed by atoms with Crippen LogP contribution in [0.15, 0.2) is 35.2 Å². The van der Waals surface area contributed by atoms with E-state index >= 15 is 0 Å². The third-order valence-corrected chi connectivity index (χ3v) is 5.20. The molecule has 0 unspecified atom stereocenters. The van der Waals surface area contributed by atoms with E-state index in [0.717, 1.165) is 27.1 Å². The molecular formula is C18H18BrF2N5. The zero-order chi connectivity index (χ0) is 18.3. The summed E-state index contributed by atoms with van der Waals surface area (Å²) in [4.78, 5) is 13.4. The molecule has 1 aliphatic carbocycles. The van der Waals surface area contributed by atoms with Gasteiger partial charge in [0.1, 0.15) is 5.65 Å². The summed E-state index contributed by atoms with van der Waals surface area (Å²) in [5.41, 5.74) is 3.38. The summed E-state index contributed by atoms with van der Waals surface area (Å²) in [6.07, 6.45) is 6.12. The molecule has 8 heteroatoms. The number of pyridine rings is 1. The van der Waals surface area contributed by atoms with E-state index in [0.29, 0.717) is 18.8 Å². The van der Waals surface area contributed by atoms with Crippen molar-refractivity contribution in [1.29, 1.82) is 0 Å². The van der Waals surface area contributed by atoms with Crippen molar-refractivity contribution in [2.45, 2.75) is 44.6 Å². The minimum atomic E-state index is -2.54. The second-order valence-corrected chi connectivity index (χ2v) is 7.63. The first-order chi connectivity index (χ1) is 12.4. The summed E-state index contributed by atoms with van der Waals surface area (Å²) in [5.74, 6) is -2.08. The van der Waals surface area contributed by atoms with E-state index in [9.17, 15) is 8.78 Å². The average molecular weight is 422 g/mol. The average Bonchev–Trinajstić information content (AvgIpc) is 3.01. The fourth-order valence-electron chi connectivity index (χ4n) is 3.27. The molecule has 1 aliphatic rings. The molecule has 3 aromatic rings. The lowest BCUT2D eigenvalue weighted by Crippen LogP contribution is -2.32. The number of alkyl halides is 2. The van der Waals surface area contributed by atoms with Gasteiger partial charge < -0.3 is 5.32 Å². The summed E-state index contributed by atoms with van der Waals surface area (Å²) < 4.78 is 29.6. The van der Waals surface area contributed by atoms with Gasteiger partial charge in [-0.1, -0.05) is 0 Å². The molecule has 3 heterocycles. The van der Waals surface area contributed by atoms with Crippen molar-refractivity contribution in [3.05, 3.63) is 40.8 Å². The fourth-order valence-corrected chi connectivity index (χ4v) is 3.60. The van der Waals surface area contributed by atoms with Gasteiger partial charge >= 0.3 is 0 Å². The number of imidazole rings is 1. The van der Waals surface area contributed by atoms with Crippen LogP contribution in [0.5, 0.6) is 0 Å². The Morgan fingerprint density at radius 1 is 1.19 bits per heavy atom. The van der Waals surface area contributed by atoms with Crippen molar-refractivity contribution in [3.63, 3.8) is 0 Å². The Kier molecular flexibility index (Phi) is 4.38. The first-order valence-corrected chi connectivity index (χ1v) is 9.32. The third-order valence-electron chi connectivity index (χ3n) is 4.73. The highest BCUT2D eigenvalue weighted by Crippen LogP contribution is 2.34. The van der Waals surface area contributed by atoms with Gasteiger partial charge in [-0.15, -0.1) is 0 Å². The predicted octanol–water partition coefficient (Wildman–Crippen LogP) is 4.85. The lowest BCUT2D eigenvalue weighted by atomic mass is 9.92. The second kappa shape index (κ2) is 6.57. The van der Waals surface area contributed by atoms with Crippen LogP contribution in [0, 0.1) is 6.92 Å². The highest BCUT2D eigenvalue weighted by atomic mass is 79.9. The molecule has 0 atom stereocenters. The molecule has 5 nitrogen and oxygen atoms in total. The first-order valence-electron chi connectivity index (χ1n) is 8.52. The summed E-state index contributed by atoms with van der Waals surface area (Å²) in [6.45, 7) is 1.94. The van der Waals surface area contributed by atoms with E-state index < -0.39 is 5.92 Å². The number of aromatic nitrogens is 4. The SMILES string of the molecule is Cc1cnc(NC2CCC(F)(F)CC2)nc1-c1cnc2ccc(Br)cn12. The van der Waals surface area contributed by atoms with Crippen LogP contribution in [0.4, 0.5) is 14.7 Å². The number of anilines is 1. The molecule has 4 rings (SSSR count). The fraction of sp³-hybridized carbons (Fsp3) is 0.389. The topological polar surface area (TPSA) is 55.1 Å². The van der Waals surface area contributed by atoms with Crippen LogP contribution < -0.4 is 5.32 Å². The Balaban J connectivity index is 1.63. The number of aryl methyl sites for hydroxylation is 1. The summed E-state index contributed by atoms with van der Waals surface area (Å²) in [6, 6.07) is 3.83. The lowest BCUT2D eigenvalue weighted by Gasteiger charge is -2.28. The van der Waals surface area contributed by atoms with Gasteiger partial charge in [0.15, 0.2) is 0 Å². The molecule has 1 saturated carbocycles. The monoisotopic (exact) mass is 421 g/mol. The number of rotatable bonds is 3. The highest BCUT2D eigenvalue weighted by Gasteiger charge is 2.35. The van der Waals surface area contributed by atoms with Gasteiger partial charge in [0, 0.05) is 35.7 Å². The van der Waals surface area contributed by atoms with Crippen molar-refractivity contribution in [3.8, 4) is 11.4 Å². The first kappa shape index (κ1) is 17.3. The van der Waals surface area contributed by atoms with Crippen LogP contribution in [-0.4, -0.2) is 31.3 Å². The predicted molar refractivity (Wildman–Crippen MR) is 99.5 cm³/mol. The van der Waals surface area contributed by atoms with Crippen LogP contribution in [0.25, 0.3) is 17.0 Å². The Hall–Kier alpha value is -2.09. The smallest absolute Gasteiger partial charge is 0.248 e. The van der Waals surface area contributed by atoms with E-state index in [1.807, 2.05) is 29.7 Å². The molecular weight excluding hydrogens is 404 g/mol. The minimum absolute atomic E-state index is 0.0264. The molecule has 0 bridgehead atoms. The Bertz CT molecular complexity index is 946. The maximum absolute atomic E-state index is 13.3. The maximum Gasteiger partial charge on any atom is 0.248 e. The van der Waals surface area contributed by atoms with E-state index in [1.165, 1.54) is 0 Å². The number of halogens is 3. The molecule has 136 valence electrons. The molecule has 0 amide bonds. The maximum atomic E-state index is 13.3. The Labute approximate surface area is 158 Å². The van der Waals surface area contributed by atoms with Gasteiger partial charge in [-0.25, -0.2) is 23.7 Å². The molecule has 0 aliphatic heterocycles. The zero-order valence-electron chi connectivity index (χ0n) is 14.2. The van der Waals surface area contributed by atoms with Crippen molar-refractivity contribution < 1.29 is 8.78 Å². The second-order valence-electron chi connectivity index (χ2n) is 6.72. The van der Waals surface area contributed by atoms with Crippen molar-refractivity contribution in [2.24, 2.45) is 0 Å². The van der Waals surface area contributed by atoms with Crippen molar-refractivity contribution in [2.75, 3.05) is 5.32 Å². The number of hydrogen-bond donors (Lipinski definition) is 1. The van der Waals surface area contributed by atoms with Crippen LogP contribution in [0.1, 0.15) is 31.2 Å². The third kappa shape index (κ3) is 3.42. The summed E-state index contributed by atoms with van der Waals surface area (Å²) in [7, 11) is 0. The van der Waals surface area contributed by atoms with Gasteiger partial charge in [-0.2, -0.15) is 0 Å². The van der Waals surface area contributed by atoms with Gasteiger partial charge in [0.2, 0.25) is 11.9 Å². The Morgan fingerprint density at radius 2 is 1.96 bits per heavy atom. The Morgan fingerprint density at radius 3 is 2.73 bits per heavy atom. The van der Waals surface area contributed by atoms with E-state index in [1.54, 1.807) is 12.4 Å². The van der Waals surface area contributed by atoms with Gasteiger partial charge in [-0.05, 0) is 53.4 Å². The van der Waals surface area contributed by atoms with Crippen molar-refractivity contribution >= 4 is 27.5 Å². The van der Waals surface area contributed by atoms with Crippen molar-refractivity contribution in [1.82, 2.24) is 19.4 Å². The van der Waals surface area contributed by atoms with Gasteiger partial charge in [-0.3, -0.25) is 4.40 Å². The quantitative estimate of drug-likeness (QED) is 0.656. The lowest BCUT2D eigenvalue weighted by molar-refractivity contribution is -0.0361. The molecule has 1 N–H and O–H groups in total. The number of nitrogens with zero attached hydrogens (tertiary/aromatic N) is 4. The van der Waals surface area contributed by atoms with Gasteiger partial charge in [0.05, 0.1) is 17.6 Å². The standard InChI is InChI=1S/C18H18BrF2N5/c1-11-8-23-17(24-13-4-6-18(20,21)7-5-13)25-16(11)14-9-22-15-3-2-12(19)10-26(14)15/h2-3,8-10,13H,4-7H2,1H3,(H,23,24,25). The molecule has 0 spiro atoms. The van der Waals surface area contributed by atoms with E-state index in [2.05, 4.69) is 36.2 Å². The largest absolute Gasteiger partial charge is 0.351 e. The van der Waals surface area contributed by atoms with Gasteiger partial charge in [0.25, 0.3) is 0 Å². The zero-order valence-corrected chi connectivity index (χ0v) is 15.8. The van der Waals surface area contributed by atoms with Crippen LogP contribution in [0.2, 0.25) is 0 Å². The normalized spacial score (nSPS) is 17.5. The molecule has 0 aromatic carbocycles. The van der Waals surface area contributed by atoms with E-state index in [-0.39, 0.29) is 18.9 Å². The number of fused-ring (bicyclic) bond motifs is 1. The van der Waals surface area contributed by atoms with Crippen LogP contribution in [0.3, 0.4) is 0 Å². The van der Waals surface area contributed by atoms with E-state index in [4.69, 9.17) is 0 Å².